The van der Waals surface area contributed by atoms with Gasteiger partial charge in [-0.3, -0.25) is 0 Å². The molecular weight excluding hydrogens is 1000 g/mol. The van der Waals surface area contributed by atoms with Crippen molar-refractivity contribution in [2.75, 3.05) is 4.90 Å². The second-order valence-corrected chi connectivity index (χ2v) is 23.6. The van der Waals surface area contributed by atoms with E-state index < -0.39 is 16.2 Å². The number of nitrogens with zero attached hydrogens (tertiary/aromatic N) is 2. The monoisotopic (exact) mass is 1050 g/mol. The molecule has 2 heteroatoms. The molecule has 6 aliphatic rings. The summed E-state index contributed by atoms with van der Waals surface area (Å²) in [7, 11) is 0. The van der Waals surface area contributed by atoms with E-state index in [1.807, 2.05) is 0 Å². The molecule has 13 aromatic carbocycles. The SMILES string of the molecule is c1ccc2c(c1)-c1ccccc1C21c2ccccc2-c2c(N(c3ccc4c(c3)C3(c5ccccc5-4)c4ccccc4-n4c5ccccc5c5cccc3c54)c3cccc4c3-c3ccccc3C43c4ccccc4-c4ccccc43)cccc21. The first-order chi connectivity index (χ1) is 41.2. The number of para-hydroxylation sites is 3. The molecule has 382 valence electrons. The number of rotatable bonds is 3. The Balaban J connectivity index is 0.929. The highest BCUT2D eigenvalue weighted by atomic mass is 15.2. The van der Waals surface area contributed by atoms with Crippen LogP contribution in [0.15, 0.2) is 291 Å². The number of anilines is 3. The molecule has 1 aromatic heterocycles. The highest BCUT2D eigenvalue weighted by molar-refractivity contribution is 6.13. The van der Waals surface area contributed by atoms with Gasteiger partial charge in [0.15, 0.2) is 0 Å². The van der Waals surface area contributed by atoms with Crippen LogP contribution in [-0.2, 0) is 16.2 Å². The van der Waals surface area contributed by atoms with E-state index in [9.17, 15) is 0 Å². The van der Waals surface area contributed by atoms with Crippen molar-refractivity contribution >= 4 is 38.9 Å². The highest BCUT2D eigenvalue weighted by Crippen LogP contribution is 2.69. The molecule has 83 heavy (non-hydrogen) atoms. The van der Waals surface area contributed by atoms with Crippen LogP contribution in [-0.4, -0.2) is 4.57 Å². The van der Waals surface area contributed by atoms with Crippen molar-refractivity contribution in [3.8, 4) is 61.3 Å². The third-order valence-electron chi connectivity index (χ3n) is 20.4. The molecule has 20 rings (SSSR count). The van der Waals surface area contributed by atoms with E-state index in [1.165, 1.54) is 150 Å². The second kappa shape index (κ2) is 15.5. The first-order valence-electron chi connectivity index (χ1n) is 29.3. The minimum absolute atomic E-state index is 0.528. The van der Waals surface area contributed by atoms with Crippen LogP contribution in [0.4, 0.5) is 17.1 Å². The normalized spacial score (nSPS) is 16.2. The third kappa shape index (κ3) is 4.97. The van der Waals surface area contributed by atoms with Crippen LogP contribution in [0.2, 0.25) is 0 Å². The summed E-state index contributed by atoms with van der Waals surface area (Å²) in [5.41, 5.74) is 34.1. The van der Waals surface area contributed by atoms with Gasteiger partial charge < -0.3 is 9.47 Å². The lowest BCUT2D eigenvalue weighted by Gasteiger charge is -2.40. The maximum absolute atomic E-state index is 2.69. The minimum Gasteiger partial charge on any atom is -0.309 e. The van der Waals surface area contributed by atoms with Crippen LogP contribution in [0.1, 0.15) is 66.8 Å². The van der Waals surface area contributed by atoms with E-state index in [0.29, 0.717) is 0 Å². The molecule has 0 N–H and O–H groups in total. The van der Waals surface area contributed by atoms with Gasteiger partial charge in [-0.05, 0) is 148 Å². The van der Waals surface area contributed by atoms with Gasteiger partial charge in [-0.25, -0.2) is 0 Å². The van der Waals surface area contributed by atoms with E-state index >= 15 is 0 Å². The van der Waals surface area contributed by atoms with Crippen molar-refractivity contribution in [2.24, 2.45) is 0 Å². The summed E-state index contributed by atoms with van der Waals surface area (Å²) >= 11 is 0. The standard InChI is InChI=1S/C81H48N2/c1-9-31-60-50(22-1)51-23-2-10-32-61(51)79(60)65-36-14-6-28-58(65)76-68(79)39-20-44-74(76)82(75-45-21-40-69-77(75)59-29-7-15-37-66(59)80(69)62-33-11-3-24-52(62)53-25-4-12-34-63(53)80)49-46-47-55-54-26-5-13-35-64(54)81(71(55)48-49)67-38-16-18-43-73(67)83-72-42-17-8-27-56(72)57-30-19-41-70(81)78(57)83/h1-48H. The first-order valence-corrected chi connectivity index (χ1v) is 29.3. The summed E-state index contributed by atoms with van der Waals surface area (Å²) in [4.78, 5) is 2.69. The Morgan fingerprint density at radius 2 is 0.590 bits per heavy atom. The molecule has 5 aliphatic carbocycles. The van der Waals surface area contributed by atoms with Crippen molar-refractivity contribution in [3.63, 3.8) is 0 Å². The summed E-state index contributed by atoms with van der Waals surface area (Å²) in [5, 5.41) is 2.55. The van der Waals surface area contributed by atoms with E-state index in [-0.39, 0.29) is 0 Å². The Morgan fingerprint density at radius 1 is 0.241 bits per heavy atom. The molecule has 0 radical (unpaired) electrons. The highest BCUT2D eigenvalue weighted by Gasteiger charge is 2.56. The number of aromatic nitrogens is 1. The number of benzene rings is 13. The van der Waals surface area contributed by atoms with Crippen LogP contribution in [0.5, 0.6) is 0 Å². The average Bonchev–Trinajstić information content (AvgIpc) is 1.71. The van der Waals surface area contributed by atoms with Gasteiger partial charge in [0.25, 0.3) is 0 Å². The van der Waals surface area contributed by atoms with Gasteiger partial charge in [0.1, 0.15) is 0 Å². The summed E-state index contributed by atoms with van der Waals surface area (Å²) in [6.45, 7) is 0. The second-order valence-electron chi connectivity index (χ2n) is 23.6. The average molecular weight is 1050 g/mol. The molecule has 0 fully saturated rings. The fourth-order valence-corrected chi connectivity index (χ4v) is 17.7. The number of hydrogen-bond acceptors (Lipinski definition) is 1. The zero-order valence-electron chi connectivity index (χ0n) is 45.1. The van der Waals surface area contributed by atoms with E-state index in [4.69, 9.17) is 0 Å². The van der Waals surface area contributed by atoms with Gasteiger partial charge in [-0.2, -0.15) is 0 Å². The number of fused-ring (bicyclic) bond motifs is 32. The van der Waals surface area contributed by atoms with E-state index in [2.05, 4.69) is 301 Å². The Kier molecular flexibility index (Phi) is 8.24. The van der Waals surface area contributed by atoms with Gasteiger partial charge in [0, 0.05) is 27.6 Å². The Hall–Kier alpha value is -10.5. The van der Waals surface area contributed by atoms with Crippen LogP contribution in [0.3, 0.4) is 0 Å². The van der Waals surface area contributed by atoms with Crippen molar-refractivity contribution < 1.29 is 0 Å². The van der Waals surface area contributed by atoms with E-state index in [1.54, 1.807) is 0 Å². The Morgan fingerprint density at radius 3 is 1.10 bits per heavy atom. The maximum Gasteiger partial charge on any atom is 0.0755 e. The summed E-state index contributed by atoms with van der Waals surface area (Å²) in [6, 6.07) is 112. The molecule has 0 saturated heterocycles. The first kappa shape index (κ1) is 44.2. The largest absolute Gasteiger partial charge is 0.309 e. The topological polar surface area (TPSA) is 8.17 Å². The molecule has 0 saturated carbocycles. The lowest BCUT2D eigenvalue weighted by molar-refractivity contribution is 0.748. The molecule has 0 amide bonds. The van der Waals surface area contributed by atoms with Gasteiger partial charge >= 0.3 is 0 Å². The van der Waals surface area contributed by atoms with Gasteiger partial charge in [-0.15, -0.1) is 0 Å². The Labute approximate surface area is 481 Å². The van der Waals surface area contributed by atoms with Crippen LogP contribution >= 0.6 is 0 Å². The number of hydrogen-bond donors (Lipinski definition) is 0. The predicted octanol–water partition coefficient (Wildman–Crippen LogP) is 19.6. The van der Waals surface area contributed by atoms with Gasteiger partial charge in [-0.1, -0.05) is 255 Å². The quantitative estimate of drug-likeness (QED) is 0.171. The van der Waals surface area contributed by atoms with Crippen molar-refractivity contribution in [3.05, 3.63) is 358 Å². The van der Waals surface area contributed by atoms with Crippen molar-refractivity contribution in [1.29, 1.82) is 0 Å². The van der Waals surface area contributed by atoms with Crippen LogP contribution < -0.4 is 4.90 Å². The van der Waals surface area contributed by atoms with Crippen molar-refractivity contribution in [2.45, 2.75) is 16.2 Å². The lowest BCUT2D eigenvalue weighted by Crippen LogP contribution is -2.33. The maximum atomic E-state index is 2.69. The smallest absolute Gasteiger partial charge is 0.0755 e. The van der Waals surface area contributed by atoms with Crippen LogP contribution in [0.25, 0.3) is 83.1 Å². The van der Waals surface area contributed by atoms with Crippen LogP contribution in [0, 0.1) is 0 Å². The lowest BCUT2D eigenvalue weighted by atomic mass is 9.65. The summed E-state index contributed by atoms with van der Waals surface area (Å²) < 4.78 is 2.55. The molecule has 14 aromatic rings. The van der Waals surface area contributed by atoms with Gasteiger partial charge in [0.2, 0.25) is 0 Å². The van der Waals surface area contributed by atoms with E-state index in [0.717, 1.165) is 17.1 Å². The Bertz CT molecular complexity index is 4980. The molecule has 1 unspecified atom stereocenters. The molecule has 2 nitrogen and oxygen atoms in total. The summed E-state index contributed by atoms with van der Waals surface area (Å²) in [5.74, 6) is 0. The zero-order valence-corrected chi connectivity index (χ0v) is 45.1. The molecule has 2 heterocycles. The molecular formula is C81H48N2. The van der Waals surface area contributed by atoms with Crippen molar-refractivity contribution in [1.82, 2.24) is 4.57 Å². The fourth-order valence-electron chi connectivity index (χ4n) is 17.7. The molecule has 1 atom stereocenters. The zero-order chi connectivity index (χ0) is 53.9. The third-order valence-corrected chi connectivity index (χ3v) is 20.4. The molecule has 0 bridgehead atoms. The van der Waals surface area contributed by atoms with Gasteiger partial charge in [0.05, 0.1) is 44.3 Å². The summed E-state index contributed by atoms with van der Waals surface area (Å²) in [6.07, 6.45) is 0. The minimum atomic E-state index is -0.646. The molecule has 3 spiro atoms. The molecule has 1 aliphatic heterocycles. The fraction of sp³-hybridized carbons (Fsp3) is 0.0370. The predicted molar refractivity (Wildman–Crippen MR) is 339 cm³/mol.